The molecule has 2 rings (SSSR count). The Labute approximate surface area is 120 Å². The molecule has 0 aliphatic carbocycles. The number of nitrogens with zero attached hydrogens (tertiary/aromatic N) is 1. The van der Waals surface area contributed by atoms with Gasteiger partial charge in [0, 0.05) is 15.3 Å². The predicted octanol–water partition coefficient (Wildman–Crippen LogP) is 0.757. The van der Waals surface area contributed by atoms with Crippen LogP contribution in [0.15, 0.2) is 40.1 Å². The minimum absolute atomic E-state index is 0.0330. The van der Waals surface area contributed by atoms with Gasteiger partial charge in [0.05, 0.1) is 12.1 Å². The van der Waals surface area contributed by atoms with E-state index in [9.17, 15) is 14.4 Å². The van der Waals surface area contributed by atoms with Gasteiger partial charge >= 0.3 is 11.7 Å². The highest BCUT2D eigenvalue weighted by Gasteiger charge is 2.11. The van der Waals surface area contributed by atoms with E-state index in [2.05, 4.69) is 27.6 Å². The second kappa shape index (κ2) is 5.39. The maximum atomic E-state index is 12.1. The second-order valence-corrected chi connectivity index (χ2v) is 5.05. The van der Waals surface area contributed by atoms with Crippen molar-refractivity contribution in [1.29, 1.82) is 0 Å². The first-order valence-electron chi connectivity index (χ1n) is 5.30. The largest absolute Gasteiger partial charge is 0.481 e. The third-order valence-electron chi connectivity index (χ3n) is 2.48. The molecule has 0 radical (unpaired) electrons. The van der Waals surface area contributed by atoms with Crippen LogP contribution in [0.4, 0.5) is 0 Å². The predicted molar refractivity (Wildman–Crippen MR) is 76.7 cm³/mol. The van der Waals surface area contributed by atoms with Crippen molar-refractivity contribution in [3.05, 3.63) is 60.4 Å². The van der Waals surface area contributed by atoms with Crippen LogP contribution in [0.3, 0.4) is 0 Å². The molecular weight excluding hydrogens is 363 g/mol. The summed E-state index contributed by atoms with van der Waals surface area (Å²) >= 11 is 2.10. The number of carboxylic acid groups (broad SMARTS) is 1. The van der Waals surface area contributed by atoms with E-state index in [1.165, 1.54) is 0 Å². The highest BCUT2D eigenvalue weighted by molar-refractivity contribution is 14.1. The molecule has 0 aliphatic heterocycles. The van der Waals surface area contributed by atoms with Crippen molar-refractivity contribution in [2.75, 3.05) is 0 Å². The summed E-state index contributed by atoms with van der Waals surface area (Å²) in [4.78, 5) is 36.8. The molecule has 7 heteroatoms. The zero-order valence-electron chi connectivity index (χ0n) is 9.59. The van der Waals surface area contributed by atoms with Crippen molar-refractivity contribution in [2.45, 2.75) is 6.42 Å². The van der Waals surface area contributed by atoms with Gasteiger partial charge in [-0.2, -0.15) is 0 Å². The molecule has 0 atom stereocenters. The van der Waals surface area contributed by atoms with Gasteiger partial charge in [0.25, 0.3) is 5.56 Å². The number of aliphatic carboxylic acids is 1. The summed E-state index contributed by atoms with van der Waals surface area (Å²) in [6.07, 6.45) is 0.710. The van der Waals surface area contributed by atoms with E-state index in [1.807, 2.05) is 0 Å². The minimum Gasteiger partial charge on any atom is -0.481 e. The molecule has 1 aromatic carbocycles. The van der Waals surface area contributed by atoms with E-state index in [0.717, 1.165) is 14.3 Å². The highest BCUT2D eigenvalue weighted by atomic mass is 127. The van der Waals surface area contributed by atoms with E-state index < -0.39 is 23.6 Å². The Balaban J connectivity index is 2.63. The molecule has 0 amide bonds. The number of hydrogen-bond acceptors (Lipinski definition) is 3. The van der Waals surface area contributed by atoms with E-state index >= 15 is 0 Å². The lowest BCUT2D eigenvalue weighted by Crippen LogP contribution is -2.36. The summed E-state index contributed by atoms with van der Waals surface area (Å²) in [6, 6.07) is 6.77. The van der Waals surface area contributed by atoms with Crippen LogP contribution >= 0.6 is 22.6 Å². The fraction of sp³-hybridized carbons (Fsp3) is 0.0833. The van der Waals surface area contributed by atoms with Crippen molar-refractivity contribution in [2.24, 2.45) is 0 Å². The number of hydrogen-bond donors (Lipinski definition) is 2. The van der Waals surface area contributed by atoms with E-state index in [1.54, 1.807) is 24.3 Å². The number of H-pyrrole nitrogens is 1. The molecule has 0 unspecified atom stereocenters. The fourth-order valence-corrected chi connectivity index (χ4v) is 1.98. The van der Waals surface area contributed by atoms with Crippen molar-refractivity contribution < 1.29 is 9.90 Å². The van der Waals surface area contributed by atoms with Crippen LogP contribution in [0.25, 0.3) is 5.69 Å². The summed E-state index contributed by atoms with van der Waals surface area (Å²) in [5, 5.41) is 8.72. The fourth-order valence-electron chi connectivity index (χ4n) is 1.63. The van der Waals surface area contributed by atoms with Gasteiger partial charge in [-0.05, 0) is 46.9 Å². The lowest BCUT2D eigenvalue weighted by Gasteiger charge is -2.06. The van der Waals surface area contributed by atoms with Crippen LogP contribution in [0, 0.1) is 3.57 Å². The first-order valence-corrected chi connectivity index (χ1v) is 6.38. The lowest BCUT2D eigenvalue weighted by molar-refractivity contribution is -0.136. The standard InChI is InChI=1S/C12H9IN2O4/c13-8-1-3-9(4-2-8)15-11(18)7(5-10(16)17)6-14-12(15)19/h1-4,6H,5H2,(H,14,19)(H,16,17). The molecule has 0 spiro atoms. The summed E-state index contributed by atoms with van der Waals surface area (Å²) in [5.41, 5.74) is -0.780. The molecule has 0 fully saturated rings. The molecule has 2 aromatic rings. The van der Waals surface area contributed by atoms with Crippen LogP contribution in [-0.4, -0.2) is 20.6 Å². The average Bonchev–Trinajstić information content (AvgIpc) is 2.35. The van der Waals surface area contributed by atoms with Gasteiger partial charge in [0.15, 0.2) is 0 Å². The Kier molecular flexibility index (Phi) is 3.84. The Morgan fingerprint density at radius 1 is 1.26 bits per heavy atom. The van der Waals surface area contributed by atoms with Gasteiger partial charge in [-0.3, -0.25) is 9.59 Å². The second-order valence-electron chi connectivity index (χ2n) is 3.81. The zero-order chi connectivity index (χ0) is 14.0. The van der Waals surface area contributed by atoms with Crippen LogP contribution in [0.2, 0.25) is 0 Å². The summed E-state index contributed by atoms with van der Waals surface area (Å²) in [7, 11) is 0. The van der Waals surface area contributed by atoms with Gasteiger partial charge in [-0.25, -0.2) is 9.36 Å². The van der Waals surface area contributed by atoms with E-state index in [0.29, 0.717) is 5.69 Å². The molecule has 19 heavy (non-hydrogen) atoms. The van der Waals surface area contributed by atoms with Crippen LogP contribution < -0.4 is 11.2 Å². The monoisotopic (exact) mass is 372 g/mol. The van der Waals surface area contributed by atoms with Crippen LogP contribution in [0.5, 0.6) is 0 Å². The number of aromatic amines is 1. The number of halogens is 1. The molecular formula is C12H9IN2O4. The highest BCUT2D eigenvalue weighted by Crippen LogP contribution is 2.08. The van der Waals surface area contributed by atoms with E-state index in [4.69, 9.17) is 5.11 Å². The van der Waals surface area contributed by atoms with Crippen LogP contribution in [-0.2, 0) is 11.2 Å². The van der Waals surface area contributed by atoms with E-state index in [-0.39, 0.29) is 5.56 Å². The zero-order valence-corrected chi connectivity index (χ0v) is 11.7. The van der Waals surface area contributed by atoms with Crippen molar-refractivity contribution in [3.8, 4) is 5.69 Å². The molecule has 2 N–H and O–H groups in total. The Morgan fingerprint density at radius 2 is 1.89 bits per heavy atom. The first kappa shape index (κ1) is 13.5. The molecule has 0 saturated carbocycles. The smallest absolute Gasteiger partial charge is 0.332 e. The van der Waals surface area contributed by atoms with Gasteiger partial charge in [-0.1, -0.05) is 0 Å². The Morgan fingerprint density at radius 3 is 2.47 bits per heavy atom. The topological polar surface area (TPSA) is 92.2 Å². The third-order valence-corrected chi connectivity index (χ3v) is 3.20. The normalized spacial score (nSPS) is 10.4. The van der Waals surface area contributed by atoms with Gasteiger partial charge in [0.2, 0.25) is 0 Å². The van der Waals surface area contributed by atoms with Crippen molar-refractivity contribution in [3.63, 3.8) is 0 Å². The summed E-state index contributed by atoms with van der Waals surface area (Å²) in [5.74, 6) is -1.13. The molecule has 1 heterocycles. The number of carboxylic acids is 1. The van der Waals surface area contributed by atoms with Gasteiger partial charge in [-0.15, -0.1) is 0 Å². The Bertz CT molecular complexity index is 731. The molecule has 1 aromatic heterocycles. The molecule has 0 bridgehead atoms. The summed E-state index contributed by atoms with van der Waals surface area (Å²) < 4.78 is 1.89. The Hall–Kier alpha value is -1.90. The number of carbonyl (C=O) groups is 1. The van der Waals surface area contributed by atoms with Crippen LogP contribution in [0.1, 0.15) is 5.56 Å². The van der Waals surface area contributed by atoms with Gasteiger partial charge in [0.1, 0.15) is 0 Å². The maximum absolute atomic E-state index is 12.1. The van der Waals surface area contributed by atoms with Crippen molar-refractivity contribution in [1.82, 2.24) is 9.55 Å². The number of aromatic nitrogens is 2. The summed E-state index contributed by atoms with van der Waals surface area (Å²) in [6.45, 7) is 0. The average molecular weight is 372 g/mol. The van der Waals surface area contributed by atoms with Crippen molar-refractivity contribution >= 4 is 28.6 Å². The first-order chi connectivity index (χ1) is 8.99. The molecule has 0 aliphatic rings. The number of rotatable bonds is 3. The lowest BCUT2D eigenvalue weighted by atomic mass is 10.2. The SMILES string of the molecule is O=C(O)Cc1c[nH]c(=O)n(-c2ccc(I)cc2)c1=O. The number of nitrogens with one attached hydrogen (secondary N) is 1. The molecule has 0 saturated heterocycles. The third kappa shape index (κ3) is 2.92. The number of benzene rings is 1. The minimum atomic E-state index is -1.13. The molecule has 6 nitrogen and oxygen atoms in total. The van der Waals surface area contributed by atoms with Gasteiger partial charge < -0.3 is 10.1 Å². The quantitative estimate of drug-likeness (QED) is 0.779. The maximum Gasteiger partial charge on any atom is 0.332 e. The molecule has 98 valence electrons.